The van der Waals surface area contributed by atoms with E-state index in [0.717, 1.165) is 16.4 Å². The molecular formula is C24H46Br2O2Si2. The molecule has 0 heterocycles. The minimum Gasteiger partial charge on any atom is -0.417 e. The van der Waals surface area contributed by atoms with Crippen LogP contribution in [0.15, 0.2) is 33.3 Å². The van der Waals surface area contributed by atoms with Crippen molar-refractivity contribution in [2.45, 2.75) is 104 Å². The first-order valence-electron chi connectivity index (χ1n) is 11.0. The topological polar surface area (TPSA) is 18.5 Å². The lowest BCUT2D eigenvalue weighted by atomic mass is 10.0. The summed E-state index contributed by atoms with van der Waals surface area (Å²) in [5.41, 5.74) is 1.26. The molecule has 0 aromatic heterocycles. The Hall–Kier alpha value is 0.534. The van der Waals surface area contributed by atoms with Gasteiger partial charge in [0, 0.05) is 12.5 Å². The number of hydrogen-bond donors (Lipinski definition) is 0. The molecule has 0 spiro atoms. The normalized spacial score (nSPS) is 16.7. The minimum atomic E-state index is -1.87. The average Bonchev–Trinajstić information content (AvgIpc) is 2.52. The smallest absolute Gasteiger partial charge is 0.192 e. The maximum absolute atomic E-state index is 6.74. The van der Waals surface area contributed by atoms with E-state index in [1.165, 1.54) is 5.57 Å². The van der Waals surface area contributed by atoms with Crippen molar-refractivity contribution in [3.8, 4) is 0 Å². The third-order valence-corrected chi connectivity index (χ3v) is 16.1. The van der Waals surface area contributed by atoms with E-state index >= 15 is 0 Å². The Morgan fingerprint density at radius 3 is 1.87 bits per heavy atom. The fraction of sp³-hybridized carbons (Fsp3) is 0.750. The van der Waals surface area contributed by atoms with Gasteiger partial charge in [-0.15, -0.1) is 0 Å². The molecule has 0 aromatic rings. The standard InChI is InChI=1S/C24H46Br2O2Si2/c1-19(14-13-17-27-29(9,10)23(3,4)5)15-16-21(20(2)18-22(25)26)28-30(11,12)24(6,7)8/h14-16,18,20-21H,13,17H2,1-12H3/b16-15+,19-14+/t20-,21-/m1/s1. The zero-order valence-corrected chi connectivity index (χ0v) is 26.6. The van der Waals surface area contributed by atoms with Crippen molar-refractivity contribution in [3.63, 3.8) is 0 Å². The van der Waals surface area contributed by atoms with Crippen LogP contribution in [-0.4, -0.2) is 29.3 Å². The molecule has 6 heteroatoms. The van der Waals surface area contributed by atoms with Crippen LogP contribution in [-0.2, 0) is 8.85 Å². The maximum Gasteiger partial charge on any atom is 0.192 e. The van der Waals surface area contributed by atoms with Crippen molar-refractivity contribution in [2.24, 2.45) is 5.92 Å². The van der Waals surface area contributed by atoms with Gasteiger partial charge < -0.3 is 8.85 Å². The second-order valence-electron chi connectivity index (χ2n) is 11.4. The lowest BCUT2D eigenvalue weighted by Crippen LogP contribution is -2.44. The van der Waals surface area contributed by atoms with Crippen LogP contribution in [0.5, 0.6) is 0 Å². The third kappa shape index (κ3) is 10.9. The van der Waals surface area contributed by atoms with Crippen LogP contribution in [0, 0.1) is 5.92 Å². The molecule has 0 radical (unpaired) electrons. The summed E-state index contributed by atoms with van der Waals surface area (Å²) in [6, 6.07) is 0. The number of halogens is 2. The van der Waals surface area contributed by atoms with Crippen LogP contribution in [0.4, 0.5) is 0 Å². The molecule has 0 saturated carbocycles. The van der Waals surface area contributed by atoms with E-state index in [-0.39, 0.29) is 22.1 Å². The molecule has 0 rings (SSSR count). The molecule has 0 amide bonds. The van der Waals surface area contributed by atoms with Gasteiger partial charge >= 0.3 is 0 Å². The highest BCUT2D eigenvalue weighted by atomic mass is 79.9. The average molecular weight is 583 g/mol. The Morgan fingerprint density at radius 2 is 1.43 bits per heavy atom. The first-order chi connectivity index (χ1) is 13.3. The molecule has 0 aliphatic carbocycles. The van der Waals surface area contributed by atoms with Crippen LogP contribution < -0.4 is 0 Å². The molecule has 2 atom stereocenters. The Kier molecular flexibility index (Phi) is 12.3. The molecule has 0 aromatic carbocycles. The molecular weight excluding hydrogens is 536 g/mol. The van der Waals surface area contributed by atoms with Crippen LogP contribution in [0.25, 0.3) is 0 Å². The highest BCUT2D eigenvalue weighted by Gasteiger charge is 2.39. The summed E-state index contributed by atoms with van der Waals surface area (Å²) in [6.07, 6.45) is 9.85. The number of hydrogen-bond acceptors (Lipinski definition) is 2. The summed E-state index contributed by atoms with van der Waals surface area (Å²) < 4.78 is 14.0. The molecule has 0 unspecified atom stereocenters. The van der Waals surface area contributed by atoms with Gasteiger partial charge in [0.1, 0.15) is 0 Å². The Labute approximate surface area is 206 Å². The molecule has 0 bridgehead atoms. The van der Waals surface area contributed by atoms with Crippen LogP contribution in [0.2, 0.25) is 36.3 Å². The number of rotatable bonds is 10. The maximum atomic E-state index is 6.74. The summed E-state index contributed by atoms with van der Waals surface area (Å²) in [4.78, 5) is 0. The predicted octanol–water partition coefficient (Wildman–Crippen LogP) is 9.56. The van der Waals surface area contributed by atoms with Gasteiger partial charge in [-0.1, -0.05) is 78.3 Å². The van der Waals surface area contributed by atoms with Gasteiger partial charge in [-0.25, -0.2) is 0 Å². The molecule has 0 saturated heterocycles. The lowest BCUT2D eigenvalue weighted by molar-refractivity contribution is 0.190. The zero-order chi connectivity index (χ0) is 24.0. The van der Waals surface area contributed by atoms with E-state index < -0.39 is 16.6 Å². The molecule has 0 aliphatic rings. The zero-order valence-electron chi connectivity index (χ0n) is 21.5. The van der Waals surface area contributed by atoms with Crippen molar-refractivity contribution >= 4 is 48.5 Å². The number of allylic oxidation sites excluding steroid dienone is 2. The van der Waals surface area contributed by atoms with E-state index in [1.807, 2.05) is 0 Å². The Bertz CT molecular complexity index is 620. The van der Waals surface area contributed by atoms with E-state index in [1.54, 1.807) is 0 Å². The second kappa shape index (κ2) is 12.1. The first-order valence-corrected chi connectivity index (χ1v) is 18.4. The first kappa shape index (κ1) is 30.5. The van der Waals surface area contributed by atoms with E-state index in [4.69, 9.17) is 8.85 Å². The monoisotopic (exact) mass is 580 g/mol. The van der Waals surface area contributed by atoms with Gasteiger partial charge in [0.15, 0.2) is 16.6 Å². The molecule has 30 heavy (non-hydrogen) atoms. The lowest BCUT2D eigenvalue weighted by Gasteiger charge is -2.39. The van der Waals surface area contributed by atoms with Gasteiger partial charge in [-0.2, -0.15) is 0 Å². The predicted molar refractivity (Wildman–Crippen MR) is 148 cm³/mol. The minimum absolute atomic E-state index is 0.0443. The van der Waals surface area contributed by atoms with E-state index in [0.29, 0.717) is 0 Å². The fourth-order valence-electron chi connectivity index (χ4n) is 2.26. The largest absolute Gasteiger partial charge is 0.417 e. The van der Waals surface area contributed by atoms with Gasteiger partial charge in [0.2, 0.25) is 0 Å². The molecule has 0 fully saturated rings. The summed E-state index contributed by atoms with van der Waals surface area (Å²) >= 11 is 7.00. The van der Waals surface area contributed by atoms with Gasteiger partial charge in [0.25, 0.3) is 0 Å². The SMILES string of the molecule is CC(/C=C/[C@@H](O[Si](C)(C)C(C)(C)C)[C@H](C)C=C(Br)Br)=C\CCO[Si](C)(C)C(C)(C)C. The van der Waals surface area contributed by atoms with Gasteiger partial charge in [-0.05, 0) is 81.5 Å². The molecule has 2 nitrogen and oxygen atoms in total. The van der Waals surface area contributed by atoms with E-state index in [9.17, 15) is 0 Å². The highest BCUT2D eigenvalue weighted by Crippen LogP contribution is 2.39. The second-order valence-corrected chi connectivity index (χ2v) is 23.7. The Balaban J connectivity index is 5.21. The Morgan fingerprint density at radius 1 is 0.933 bits per heavy atom. The van der Waals surface area contributed by atoms with Crippen molar-refractivity contribution < 1.29 is 8.85 Å². The third-order valence-electron chi connectivity index (χ3n) is 6.55. The van der Waals surface area contributed by atoms with Gasteiger partial charge in [0.05, 0.1) is 9.50 Å². The van der Waals surface area contributed by atoms with E-state index in [2.05, 4.69) is 138 Å². The van der Waals surface area contributed by atoms with Gasteiger partial charge in [-0.3, -0.25) is 0 Å². The molecule has 0 aliphatic heterocycles. The summed E-state index contributed by atoms with van der Waals surface area (Å²) in [6.45, 7) is 28.1. The fourth-order valence-corrected chi connectivity index (χ4v) is 5.49. The molecule has 0 N–H and O–H groups in total. The van der Waals surface area contributed by atoms with Crippen molar-refractivity contribution in [3.05, 3.63) is 33.3 Å². The van der Waals surface area contributed by atoms with Crippen LogP contribution in [0.1, 0.15) is 61.8 Å². The van der Waals surface area contributed by atoms with Crippen molar-refractivity contribution in [2.75, 3.05) is 6.61 Å². The van der Waals surface area contributed by atoms with Crippen molar-refractivity contribution in [1.82, 2.24) is 0 Å². The summed E-state index contributed by atoms with van der Waals surface area (Å²) in [7, 11) is -3.54. The quantitative estimate of drug-likeness (QED) is 0.145. The summed E-state index contributed by atoms with van der Waals surface area (Å²) in [5.74, 6) is 0.263. The van der Waals surface area contributed by atoms with Crippen LogP contribution >= 0.6 is 31.9 Å². The van der Waals surface area contributed by atoms with Crippen LogP contribution in [0.3, 0.4) is 0 Å². The summed E-state index contributed by atoms with van der Waals surface area (Å²) in [5, 5.41) is 0.438. The van der Waals surface area contributed by atoms with Crippen molar-refractivity contribution in [1.29, 1.82) is 0 Å². The highest BCUT2D eigenvalue weighted by molar-refractivity contribution is 9.28. The molecule has 176 valence electrons.